The topological polar surface area (TPSA) is 81.3 Å². The van der Waals surface area contributed by atoms with E-state index >= 15 is 0 Å². The van der Waals surface area contributed by atoms with E-state index in [1.54, 1.807) is 41.6 Å². The number of halogens is 1. The van der Waals surface area contributed by atoms with E-state index in [2.05, 4.69) is 15.1 Å². The monoisotopic (exact) mass is 396 g/mol. The Morgan fingerprint density at radius 1 is 1.21 bits per heavy atom. The second-order valence-electron chi connectivity index (χ2n) is 6.88. The van der Waals surface area contributed by atoms with E-state index in [4.69, 9.17) is 9.26 Å². The lowest BCUT2D eigenvalue weighted by Crippen LogP contribution is -2.41. The van der Waals surface area contributed by atoms with Crippen LogP contribution in [0.2, 0.25) is 0 Å². The number of pyridine rings is 1. The van der Waals surface area contributed by atoms with E-state index in [9.17, 15) is 9.18 Å². The fraction of sp³-hybridized carbons (Fsp3) is 0.333. The molecular formula is C21H21FN4O3. The second kappa shape index (κ2) is 8.81. The minimum absolute atomic E-state index is 0.0375. The van der Waals surface area contributed by atoms with Gasteiger partial charge in [-0.05, 0) is 24.3 Å². The van der Waals surface area contributed by atoms with Gasteiger partial charge in [-0.1, -0.05) is 17.3 Å². The van der Waals surface area contributed by atoms with Crippen LogP contribution in [-0.2, 0) is 11.2 Å². The summed E-state index contributed by atoms with van der Waals surface area (Å²) >= 11 is 0. The Bertz CT molecular complexity index is 955. The summed E-state index contributed by atoms with van der Waals surface area (Å²) in [6.07, 6.45) is 5.28. The van der Waals surface area contributed by atoms with Crippen LogP contribution in [0.25, 0.3) is 11.4 Å². The van der Waals surface area contributed by atoms with Crippen LogP contribution in [0.3, 0.4) is 0 Å². The molecular weight excluding hydrogens is 375 g/mol. The van der Waals surface area contributed by atoms with Crippen molar-refractivity contribution in [2.24, 2.45) is 0 Å². The predicted octanol–water partition coefficient (Wildman–Crippen LogP) is 3.27. The molecule has 0 atom stereocenters. The molecule has 7 nitrogen and oxygen atoms in total. The molecule has 150 valence electrons. The van der Waals surface area contributed by atoms with Crippen molar-refractivity contribution in [3.05, 3.63) is 60.5 Å². The van der Waals surface area contributed by atoms with E-state index in [0.717, 1.165) is 5.56 Å². The number of aryl methyl sites for hydroxylation is 1. The van der Waals surface area contributed by atoms with Gasteiger partial charge in [0.25, 0.3) is 0 Å². The summed E-state index contributed by atoms with van der Waals surface area (Å²) in [5.41, 5.74) is 0.769. The molecule has 1 aliphatic heterocycles. The molecule has 0 N–H and O–H groups in total. The number of benzene rings is 1. The summed E-state index contributed by atoms with van der Waals surface area (Å²) in [4.78, 5) is 22.6. The number of rotatable bonds is 6. The summed E-state index contributed by atoms with van der Waals surface area (Å²) in [5.74, 6) is 0.825. The third-order valence-electron chi connectivity index (χ3n) is 4.87. The lowest BCUT2D eigenvalue weighted by molar-refractivity contribution is -0.133. The molecule has 8 heteroatoms. The zero-order chi connectivity index (χ0) is 20.1. The Labute approximate surface area is 167 Å². The average molecular weight is 396 g/mol. The van der Waals surface area contributed by atoms with Gasteiger partial charge in [-0.25, -0.2) is 4.39 Å². The Kier molecular flexibility index (Phi) is 5.79. The van der Waals surface area contributed by atoms with E-state index in [-0.39, 0.29) is 23.6 Å². The summed E-state index contributed by atoms with van der Waals surface area (Å²) in [6.45, 7) is 1.17. The van der Waals surface area contributed by atoms with Crippen LogP contribution < -0.4 is 4.74 Å². The quantitative estimate of drug-likeness (QED) is 0.636. The number of carbonyl (C=O) groups excluding carboxylic acids is 1. The van der Waals surface area contributed by atoms with Crippen molar-refractivity contribution < 1.29 is 18.4 Å². The number of aromatic nitrogens is 3. The molecule has 0 unspecified atom stereocenters. The van der Waals surface area contributed by atoms with Crippen LogP contribution in [0, 0.1) is 5.82 Å². The molecule has 0 bridgehead atoms. The first-order chi connectivity index (χ1) is 14.2. The molecule has 0 aliphatic carbocycles. The molecule has 3 heterocycles. The molecule has 1 aromatic carbocycles. The molecule has 0 spiro atoms. The van der Waals surface area contributed by atoms with Crippen LogP contribution >= 0.6 is 0 Å². The van der Waals surface area contributed by atoms with Crippen LogP contribution in [0.15, 0.2) is 53.3 Å². The third-order valence-corrected chi connectivity index (χ3v) is 4.87. The van der Waals surface area contributed by atoms with Crippen LogP contribution in [0.4, 0.5) is 4.39 Å². The maximum Gasteiger partial charge on any atom is 0.227 e. The number of carbonyl (C=O) groups is 1. The van der Waals surface area contributed by atoms with Gasteiger partial charge >= 0.3 is 0 Å². The SMILES string of the molecule is O=C(CCc1nc(-c2cccnc2)no1)N1CCC(Oc2ccccc2F)CC1. The molecule has 29 heavy (non-hydrogen) atoms. The number of nitrogens with zero attached hydrogens (tertiary/aromatic N) is 4. The standard InChI is InChI=1S/C21H21FN4O3/c22-17-5-1-2-6-18(17)28-16-9-12-26(13-10-16)20(27)8-7-19-24-21(25-29-19)15-4-3-11-23-14-15/h1-6,11,14,16H,7-10,12-13H2. The van der Waals surface area contributed by atoms with Gasteiger partial charge in [0.2, 0.25) is 17.6 Å². The fourth-order valence-corrected chi connectivity index (χ4v) is 3.28. The van der Waals surface area contributed by atoms with Crippen molar-refractivity contribution in [2.75, 3.05) is 13.1 Å². The van der Waals surface area contributed by atoms with Gasteiger partial charge in [0.05, 0.1) is 0 Å². The van der Waals surface area contributed by atoms with E-state index in [1.165, 1.54) is 6.07 Å². The van der Waals surface area contributed by atoms with E-state index in [0.29, 0.717) is 50.5 Å². The third kappa shape index (κ3) is 4.77. The number of ether oxygens (including phenoxy) is 1. The van der Waals surface area contributed by atoms with Gasteiger partial charge in [0.15, 0.2) is 11.6 Å². The van der Waals surface area contributed by atoms with Gasteiger partial charge < -0.3 is 14.2 Å². The van der Waals surface area contributed by atoms with Crippen LogP contribution in [-0.4, -0.2) is 45.1 Å². The van der Waals surface area contributed by atoms with Gasteiger partial charge in [-0.15, -0.1) is 0 Å². The summed E-state index contributed by atoms with van der Waals surface area (Å²) in [6, 6.07) is 10.0. The number of hydrogen-bond donors (Lipinski definition) is 0. The number of piperidine rings is 1. The van der Waals surface area contributed by atoms with Gasteiger partial charge in [0, 0.05) is 56.7 Å². The Hall–Kier alpha value is -3.29. The first kappa shape index (κ1) is 19.0. The van der Waals surface area contributed by atoms with E-state index < -0.39 is 0 Å². The predicted molar refractivity (Wildman–Crippen MR) is 102 cm³/mol. The highest BCUT2D eigenvalue weighted by Gasteiger charge is 2.24. The Morgan fingerprint density at radius 3 is 2.79 bits per heavy atom. The molecule has 1 amide bonds. The van der Waals surface area contributed by atoms with Crippen molar-refractivity contribution in [1.82, 2.24) is 20.0 Å². The van der Waals surface area contributed by atoms with Gasteiger partial charge in [0.1, 0.15) is 6.10 Å². The molecule has 1 saturated heterocycles. The Balaban J connectivity index is 1.24. The van der Waals surface area contributed by atoms with Gasteiger partial charge in [-0.3, -0.25) is 9.78 Å². The summed E-state index contributed by atoms with van der Waals surface area (Å²) in [5, 5.41) is 3.94. The normalized spacial score (nSPS) is 14.7. The lowest BCUT2D eigenvalue weighted by atomic mass is 10.1. The minimum Gasteiger partial charge on any atom is -0.487 e. The van der Waals surface area contributed by atoms with Crippen molar-refractivity contribution in [1.29, 1.82) is 0 Å². The van der Waals surface area contributed by atoms with Crippen molar-refractivity contribution in [3.63, 3.8) is 0 Å². The minimum atomic E-state index is -0.365. The smallest absolute Gasteiger partial charge is 0.227 e. The molecule has 1 aliphatic rings. The summed E-state index contributed by atoms with van der Waals surface area (Å²) in [7, 11) is 0. The molecule has 3 aromatic rings. The fourth-order valence-electron chi connectivity index (χ4n) is 3.28. The zero-order valence-corrected chi connectivity index (χ0v) is 15.8. The number of para-hydroxylation sites is 1. The van der Waals surface area contributed by atoms with Crippen molar-refractivity contribution in [2.45, 2.75) is 31.8 Å². The average Bonchev–Trinajstić information content (AvgIpc) is 3.24. The van der Waals surface area contributed by atoms with Crippen molar-refractivity contribution in [3.8, 4) is 17.1 Å². The first-order valence-corrected chi connectivity index (χ1v) is 9.61. The Morgan fingerprint density at radius 2 is 2.03 bits per heavy atom. The highest BCUT2D eigenvalue weighted by molar-refractivity contribution is 5.76. The molecule has 2 aromatic heterocycles. The van der Waals surface area contributed by atoms with E-state index in [1.807, 2.05) is 6.07 Å². The molecule has 1 fully saturated rings. The number of hydrogen-bond acceptors (Lipinski definition) is 6. The zero-order valence-electron chi connectivity index (χ0n) is 15.8. The maximum absolute atomic E-state index is 13.7. The molecule has 4 rings (SSSR count). The first-order valence-electron chi connectivity index (χ1n) is 9.61. The van der Waals surface area contributed by atoms with Crippen LogP contribution in [0.1, 0.15) is 25.2 Å². The second-order valence-corrected chi connectivity index (χ2v) is 6.88. The molecule has 0 radical (unpaired) electrons. The number of likely N-dealkylation sites (tertiary alicyclic amines) is 1. The lowest BCUT2D eigenvalue weighted by Gasteiger charge is -2.32. The number of amides is 1. The van der Waals surface area contributed by atoms with Gasteiger partial charge in [-0.2, -0.15) is 4.98 Å². The van der Waals surface area contributed by atoms with Crippen LogP contribution in [0.5, 0.6) is 5.75 Å². The highest BCUT2D eigenvalue weighted by atomic mass is 19.1. The maximum atomic E-state index is 13.7. The highest BCUT2D eigenvalue weighted by Crippen LogP contribution is 2.22. The van der Waals surface area contributed by atoms with Crippen molar-refractivity contribution >= 4 is 5.91 Å². The summed E-state index contributed by atoms with van der Waals surface area (Å²) < 4.78 is 24.7. The largest absolute Gasteiger partial charge is 0.487 e. The molecule has 0 saturated carbocycles.